The van der Waals surface area contributed by atoms with Crippen molar-refractivity contribution in [2.75, 3.05) is 26.4 Å². The Kier molecular flexibility index (Phi) is 6.69. The minimum Gasteiger partial charge on any atom is -0.488 e. The molecule has 4 nitrogen and oxygen atoms in total. The maximum Gasteiger partial charge on any atom is 0.147 e. The largest absolute Gasteiger partial charge is 0.488 e. The van der Waals surface area contributed by atoms with Crippen molar-refractivity contribution in [3.8, 4) is 11.5 Å². The van der Waals surface area contributed by atoms with Gasteiger partial charge in [0, 0.05) is 5.41 Å². The van der Waals surface area contributed by atoms with Crippen LogP contribution in [0.15, 0.2) is 42.2 Å². The van der Waals surface area contributed by atoms with E-state index < -0.39 is 0 Å². The van der Waals surface area contributed by atoms with Gasteiger partial charge in [0.15, 0.2) is 0 Å². The molecule has 0 bridgehead atoms. The van der Waals surface area contributed by atoms with Crippen molar-refractivity contribution in [3.05, 3.63) is 53.3 Å². The maximum absolute atomic E-state index is 5.91. The quantitative estimate of drug-likeness (QED) is 0.300. The summed E-state index contributed by atoms with van der Waals surface area (Å²) in [5.74, 6) is 1.60. The van der Waals surface area contributed by atoms with Crippen LogP contribution in [0, 0.1) is 0 Å². The van der Waals surface area contributed by atoms with Crippen LogP contribution in [-0.4, -0.2) is 38.6 Å². The number of epoxide rings is 2. The van der Waals surface area contributed by atoms with Crippen molar-refractivity contribution >= 4 is 63.7 Å². The molecule has 0 aromatic heterocycles. The van der Waals surface area contributed by atoms with E-state index in [0.29, 0.717) is 13.2 Å². The zero-order valence-corrected chi connectivity index (χ0v) is 22.3. The smallest absolute Gasteiger partial charge is 0.147 e. The molecule has 0 N–H and O–H groups in total. The minimum absolute atomic E-state index is 0.215. The molecular formula is C21H20Br4O4. The predicted octanol–water partition coefficient (Wildman–Crippen LogP) is 6.62. The van der Waals surface area contributed by atoms with E-state index in [1.807, 2.05) is 0 Å². The Morgan fingerprint density at radius 2 is 1.07 bits per heavy atom. The monoisotopic (exact) mass is 652 g/mol. The van der Waals surface area contributed by atoms with E-state index in [2.05, 4.69) is 102 Å². The zero-order chi connectivity index (χ0) is 20.8. The highest BCUT2D eigenvalue weighted by Crippen LogP contribution is 2.44. The van der Waals surface area contributed by atoms with Crippen molar-refractivity contribution in [1.82, 2.24) is 0 Å². The van der Waals surface area contributed by atoms with Gasteiger partial charge in [0.05, 0.1) is 31.1 Å². The van der Waals surface area contributed by atoms with E-state index >= 15 is 0 Å². The summed E-state index contributed by atoms with van der Waals surface area (Å²) in [5.41, 5.74) is 2.07. The molecule has 2 atom stereocenters. The Labute approximate surface area is 204 Å². The molecule has 0 spiro atoms. The van der Waals surface area contributed by atoms with Gasteiger partial charge in [0.2, 0.25) is 0 Å². The van der Waals surface area contributed by atoms with Gasteiger partial charge in [0.1, 0.15) is 36.9 Å². The first-order valence-electron chi connectivity index (χ1n) is 9.23. The van der Waals surface area contributed by atoms with Gasteiger partial charge in [-0.05, 0) is 99.1 Å². The topological polar surface area (TPSA) is 43.5 Å². The van der Waals surface area contributed by atoms with Crippen LogP contribution in [0.1, 0.15) is 25.0 Å². The highest BCUT2D eigenvalue weighted by atomic mass is 79.9. The number of ether oxygens (including phenoxy) is 4. The van der Waals surface area contributed by atoms with Crippen molar-refractivity contribution in [2.45, 2.75) is 31.5 Å². The first-order chi connectivity index (χ1) is 13.8. The van der Waals surface area contributed by atoms with Gasteiger partial charge in [-0.2, -0.15) is 0 Å². The van der Waals surface area contributed by atoms with Crippen molar-refractivity contribution in [1.29, 1.82) is 0 Å². The maximum atomic E-state index is 5.91. The van der Waals surface area contributed by atoms with Crippen LogP contribution in [-0.2, 0) is 14.9 Å². The molecule has 2 heterocycles. The fraction of sp³-hybridized carbons (Fsp3) is 0.429. The van der Waals surface area contributed by atoms with E-state index in [4.69, 9.17) is 18.9 Å². The first kappa shape index (κ1) is 22.1. The van der Waals surface area contributed by atoms with Crippen LogP contribution in [0.25, 0.3) is 0 Å². The Hall–Kier alpha value is -0.120. The summed E-state index contributed by atoms with van der Waals surface area (Å²) in [4.78, 5) is 0. The van der Waals surface area contributed by atoms with Gasteiger partial charge >= 0.3 is 0 Å². The van der Waals surface area contributed by atoms with E-state index in [0.717, 1.165) is 53.7 Å². The molecule has 0 aliphatic carbocycles. The third-order valence-electron chi connectivity index (χ3n) is 5.07. The van der Waals surface area contributed by atoms with Gasteiger partial charge in [-0.25, -0.2) is 0 Å². The molecule has 0 amide bonds. The van der Waals surface area contributed by atoms with Crippen LogP contribution in [0.5, 0.6) is 11.5 Å². The molecule has 2 aromatic rings. The van der Waals surface area contributed by atoms with Gasteiger partial charge < -0.3 is 18.9 Å². The molecule has 0 radical (unpaired) electrons. The third-order valence-corrected chi connectivity index (χ3v) is 7.43. The number of hydrogen-bond donors (Lipinski definition) is 0. The molecule has 2 fully saturated rings. The summed E-state index contributed by atoms with van der Waals surface area (Å²) < 4.78 is 25.9. The van der Waals surface area contributed by atoms with Gasteiger partial charge in [0.25, 0.3) is 0 Å². The fourth-order valence-electron chi connectivity index (χ4n) is 2.97. The van der Waals surface area contributed by atoms with Gasteiger partial charge in [-0.15, -0.1) is 0 Å². The Morgan fingerprint density at radius 3 is 1.34 bits per heavy atom. The molecule has 2 aliphatic heterocycles. The summed E-state index contributed by atoms with van der Waals surface area (Å²) in [6, 6.07) is 8.46. The average molecular weight is 656 g/mol. The molecule has 0 saturated carbocycles. The first-order valence-corrected chi connectivity index (χ1v) is 12.4. The Balaban J connectivity index is 1.59. The zero-order valence-electron chi connectivity index (χ0n) is 15.9. The summed E-state index contributed by atoms with van der Waals surface area (Å²) in [7, 11) is 0. The fourth-order valence-corrected chi connectivity index (χ4v) is 5.80. The van der Waals surface area contributed by atoms with Crippen molar-refractivity contribution in [3.63, 3.8) is 0 Å². The van der Waals surface area contributed by atoms with Crippen LogP contribution >= 0.6 is 63.7 Å². The Bertz CT molecular complexity index is 803. The molecule has 8 heteroatoms. The van der Waals surface area contributed by atoms with E-state index in [1.165, 1.54) is 0 Å². The third kappa shape index (κ3) is 5.21. The summed E-state index contributed by atoms with van der Waals surface area (Å²) in [5, 5.41) is 0. The highest BCUT2D eigenvalue weighted by molar-refractivity contribution is 9.11. The lowest BCUT2D eigenvalue weighted by Crippen LogP contribution is -2.19. The van der Waals surface area contributed by atoms with Crippen LogP contribution in [0.3, 0.4) is 0 Å². The Morgan fingerprint density at radius 1 is 0.759 bits per heavy atom. The summed E-state index contributed by atoms with van der Waals surface area (Å²) in [6.07, 6.45) is 0.429. The summed E-state index contributed by atoms with van der Waals surface area (Å²) >= 11 is 14.7. The molecule has 2 saturated heterocycles. The SMILES string of the molecule is CC(C)(c1cc(Br)c(OCC2CO2)c(Br)c1)c1cc(Br)c(OCC2CO2)c(Br)c1. The second-order valence-corrected chi connectivity index (χ2v) is 11.1. The van der Waals surface area contributed by atoms with Gasteiger partial charge in [-0.1, -0.05) is 13.8 Å². The van der Waals surface area contributed by atoms with E-state index in [-0.39, 0.29) is 17.6 Å². The average Bonchev–Trinajstić information content (AvgIpc) is 3.54. The predicted molar refractivity (Wildman–Crippen MR) is 126 cm³/mol. The van der Waals surface area contributed by atoms with E-state index in [9.17, 15) is 0 Å². The van der Waals surface area contributed by atoms with E-state index in [1.54, 1.807) is 0 Å². The van der Waals surface area contributed by atoms with Crippen LogP contribution in [0.2, 0.25) is 0 Å². The number of hydrogen-bond acceptors (Lipinski definition) is 4. The second kappa shape index (κ2) is 8.79. The summed E-state index contributed by atoms with van der Waals surface area (Å²) in [6.45, 7) is 7.08. The van der Waals surface area contributed by atoms with Crippen LogP contribution in [0.4, 0.5) is 0 Å². The van der Waals surface area contributed by atoms with Crippen LogP contribution < -0.4 is 9.47 Å². The lowest BCUT2D eigenvalue weighted by Gasteiger charge is -2.28. The normalized spacial score (nSPS) is 20.5. The number of benzene rings is 2. The molecule has 29 heavy (non-hydrogen) atoms. The molecule has 4 rings (SSSR count). The van der Waals surface area contributed by atoms with Gasteiger partial charge in [-0.3, -0.25) is 0 Å². The lowest BCUT2D eigenvalue weighted by molar-refractivity contribution is 0.260. The molecular weight excluding hydrogens is 636 g/mol. The standard InChI is InChI=1S/C21H20Br4O4/c1-21(2,11-3-15(22)19(16(23)4-11)28-9-13-7-26-13)12-5-17(24)20(18(25)6-12)29-10-14-8-27-14/h3-6,13-14H,7-10H2,1-2H3. The molecule has 2 aliphatic rings. The second-order valence-electron chi connectivity index (χ2n) is 7.70. The van der Waals surface area contributed by atoms with Crippen molar-refractivity contribution < 1.29 is 18.9 Å². The minimum atomic E-state index is -0.244. The highest BCUT2D eigenvalue weighted by Gasteiger charge is 2.29. The number of rotatable bonds is 8. The van der Waals surface area contributed by atoms with Crippen molar-refractivity contribution in [2.24, 2.45) is 0 Å². The lowest BCUT2D eigenvalue weighted by atomic mass is 9.78. The molecule has 156 valence electrons. The number of halogens is 4. The molecule has 2 unspecified atom stereocenters. The molecule has 2 aromatic carbocycles.